The van der Waals surface area contributed by atoms with Crippen LogP contribution in [-0.4, -0.2) is 17.4 Å². The van der Waals surface area contributed by atoms with Crippen LogP contribution in [0.25, 0.3) is 0 Å². The number of carbonyl (C=O) groups excluding carboxylic acids is 1. The van der Waals surface area contributed by atoms with Crippen molar-refractivity contribution in [1.82, 2.24) is 10.3 Å². The van der Waals surface area contributed by atoms with Crippen molar-refractivity contribution in [3.05, 3.63) is 23.6 Å². The SMILES string of the molecule is CC1CCC(CNC(=O)c2ccnc(NN)c2F)CC1. The van der Waals surface area contributed by atoms with Crippen LogP contribution in [0.15, 0.2) is 12.3 Å². The first kappa shape index (κ1) is 14.7. The highest BCUT2D eigenvalue weighted by Crippen LogP contribution is 2.27. The van der Waals surface area contributed by atoms with Gasteiger partial charge in [-0.15, -0.1) is 0 Å². The van der Waals surface area contributed by atoms with Gasteiger partial charge in [-0.2, -0.15) is 0 Å². The Balaban J connectivity index is 1.92. The first-order valence-electron chi connectivity index (χ1n) is 7.01. The van der Waals surface area contributed by atoms with Gasteiger partial charge in [0.2, 0.25) is 0 Å². The molecule has 5 nitrogen and oxygen atoms in total. The van der Waals surface area contributed by atoms with E-state index in [0.29, 0.717) is 12.5 Å². The molecule has 4 N–H and O–H groups in total. The third kappa shape index (κ3) is 3.45. The van der Waals surface area contributed by atoms with Crippen LogP contribution in [0.4, 0.5) is 10.2 Å². The number of hydrazine groups is 1. The number of nitrogens with one attached hydrogen (secondary N) is 2. The minimum Gasteiger partial charge on any atom is -0.352 e. The van der Waals surface area contributed by atoms with E-state index in [9.17, 15) is 9.18 Å². The zero-order chi connectivity index (χ0) is 14.5. The first-order chi connectivity index (χ1) is 9.61. The molecule has 6 heteroatoms. The zero-order valence-electron chi connectivity index (χ0n) is 11.7. The number of nitrogens with zero attached hydrogens (tertiary/aromatic N) is 1. The van der Waals surface area contributed by atoms with Crippen LogP contribution in [0.1, 0.15) is 43.0 Å². The van der Waals surface area contributed by atoms with Crippen molar-refractivity contribution in [3.8, 4) is 0 Å². The fourth-order valence-corrected chi connectivity index (χ4v) is 2.59. The maximum Gasteiger partial charge on any atom is 0.254 e. The monoisotopic (exact) mass is 280 g/mol. The molecule has 1 amide bonds. The molecule has 20 heavy (non-hydrogen) atoms. The molecular weight excluding hydrogens is 259 g/mol. The largest absolute Gasteiger partial charge is 0.352 e. The Hall–Kier alpha value is -1.69. The van der Waals surface area contributed by atoms with Crippen molar-refractivity contribution in [1.29, 1.82) is 0 Å². The summed E-state index contributed by atoms with van der Waals surface area (Å²) in [4.78, 5) is 15.7. The molecule has 1 aromatic rings. The molecule has 2 rings (SSSR count). The Kier molecular flexibility index (Phi) is 4.89. The zero-order valence-corrected chi connectivity index (χ0v) is 11.7. The molecule has 1 fully saturated rings. The third-order valence-electron chi connectivity index (χ3n) is 3.96. The number of anilines is 1. The van der Waals surface area contributed by atoms with E-state index in [1.54, 1.807) is 0 Å². The van der Waals surface area contributed by atoms with Gasteiger partial charge >= 0.3 is 0 Å². The molecule has 1 aliphatic carbocycles. The summed E-state index contributed by atoms with van der Waals surface area (Å²) in [5.41, 5.74) is 2.10. The average molecular weight is 280 g/mol. The van der Waals surface area contributed by atoms with Gasteiger partial charge in [0.05, 0.1) is 5.56 Å². The van der Waals surface area contributed by atoms with Crippen LogP contribution in [0.5, 0.6) is 0 Å². The maximum atomic E-state index is 13.9. The normalized spacial score (nSPS) is 22.4. The third-order valence-corrected chi connectivity index (χ3v) is 3.96. The molecule has 110 valence electrons. The van der Waals surface area contributed by atoms with E-state index in [4.69, 9.17) is 5.84 Å². The van der Waals surface area contributed by atoms with Crippen molar-refractivity contribution in [3.63, 3.8) is 0 Å². The second-order valence-electron chi connectivity index (χ2n) is 5.50. The lowest BCUT2D eigenvalue weighted by Gasteiger charge is -2.26. The lowest BCUT2D eigenvalue weighted by Crippen LogP contribution is -2.31. The summed E-state index contributed by atoms with van der Waals surface area (Å²) < 4.78 is 13.9. The van der Waals surface area contributed by atoms with E-state index in [2.05, 4.69) is 22.7 Å². The fraction of sp³-hybridized carbons (Fsp3) is 0.571. The number of hydrogen-bond donors (Lipinski definition) is 3. The highest BCUT2D eigenvalue weighted by atomic mass is 19.1. The lowest BCUT2D eigenvalue weighted by molar-refractivity contribution is 0.0938. The maximum absolute atomic E-state index is 13.9. The van der Waals surface area contributed by atoms with E-state index < -0.39 is 11.7 Å². The Morgan fingerprint density at radius 2 is 2.15 bits per heavy atom. The molecule has 0 saturated heterocycles. The minimum absolute atomic E-state index is 0.0304. The number of pyridine rings is 1. The molecule has 1 saturated carbocycles. The second-order valence-corrected chi connectivity index (χ2v) is 5.50. The Bertz CT molecular complexity index is 472. The second kappa shape index (κ2) is 6.65. The molecule has 0 spiro atoms. The standard InChI is InChI=1S/C14H21FN4O/c1-9-2-4-10(5-3-9)8-18-14(20)11-6-7-17-13(19-16)12(11)15/h6-7,9-10H,2-5,8,16H2,1H3,(H,17,19)(H,18,20). The predicted molar refractivity (Wildman–Crippen MR) is 75.5 cm³/mol. The summed E-state index contributed by atoms with van der Waals surface area (Å²) in [7, 11) is 0. The van der Waals surface area contributed by atoms with Gasteiger partial charge in [0, 0.05) is 12.7 Å². The number of halogens is 1. The van der Waals surface area contributed by atoms with Crippen molar-refractivity contribution in [2.75, 3.05) is 12.0 Å². The fourth-order valence-electron chi connectivity index (χ4n) is 2.59. The molecule has 0 radical (unpaired) electrons. The average Bonchev–Trinajstić information content (AvgIpc) is 2.46. The van der Waals surface area contributed by atoms with Gasteiger partial charge < -0.3 is 10.7 Å². The summed E-state index contributed by atoms with van der Waals surface area (Å²) >= 11 is 0. The summed E-state index contributed by atoms with van der Waals surface area (Å²) in [6, 6.07) is 1.36. The van der Waals surface area contributed by atoms with Crippen LogP contribution in [-0.2, 0) is 0 Å². The van der Waals surface area contributed by atoms with Crippen LogP contribution < -0.4 is 16.6 Å². The van der Waals surface area contributed by atoms with E-state index in [0.717, 1.165) is 18.8 Å². The topological polar surface area (TPSA) is 80.0 Å². The van der Waals surface area contributed by atoms with Crippen LogP contribution in [0.2, 0.25) is 0 Å². The lowest BCUT2D eigenvalue weighted by atomic mass is 9.83. The summed E-state index contributed by atoms with van der Waals surface area (Å²) in [6.07, 6.45) is 6.00. The molecule has 0 atom stereocenters. The predicted octanol–water partition coefficient (Wildman–Crippen LogP) is 2.06. The molecule has 1 aromatic heterocycles. The molecule has 1 aliphatic rings. The van der Waals surface area contributed by atoms with E-state index in [-0.39, 0.29) is 11.4 Å². The number of hydrogen-bond acceptors (Lipinski definition) is 4. The molecule has 0 aromatic carbocycles. The number of rotatable bonds is 4. The van der Waals surface area contributed by atoms with Crippen molar-refractivity contribution in [2.24, 2.45) is 17.7 Å². The van der Waals surface area contributed by atoms with Crippen molar-refractivity contribution < 1.29 is 9.18 Å². The van der Waals surface area contributed by atoms with Crippen molar-refractivity contribution >= 4 is 11.7 Å². The Morgan fingerprint density at radius 1 is 1.45 bits per heavy atom. The van der Waals surface area contributed by atoms with Gasteiger partial charge in [-0.25, -0.2) is 15.2 Å². The molecule has 1 heterocycles. The van der Waals surface area contributed by atoms with Crippen LogP contribution >= 0.6 is 0 Å². The van der Waals surface area contributed by atoms with E-state index in [1.807, 2.05) is 0 Å². The number of nitrogens with two attached hydrogens (primary N) is 1. The first-order valence-corrected chi connectivity index (χ1v) is 7.01. The summed E-state index contributed by atoms with van der Waals surface area (Å²) in [6.45, 7) is 2.85. The highest BCUT2D eigenvalue weighted by Gasteiger charge is 2.20. The van der Waals surface area contributed by atoms with Crippen LogP contribution in [0.3, 0.4) is 0 Å². The van der Waals surface area contributed by atoms with E-state index in [1.165, 1.54) is 25.1 Å². The molecular formula is C14H21FN4O. The summed E-state index contributed by atoms with van der Waals surface area (Å²) in [5, 5.41) is 2.80. The molecule has 0 unspecified atom stereocenters. The molecule has 0 aliphatic heterocycles. The van der Waals surface area contributed by atoms with Gasteiger partial charge in [0.15, 0.2) is 11.6 Å². The Morgan fingerprint density at radius 3 is 2.80 bits per heavy atom. The number of carbonyl (C=O) groups is 1. The van der Waals surface area contributed by atoms with Gasteiger partial charge in [0.1, 0.15) is 0 Å². The number of aromatic nitrogens is 1. The highest BCUT2D eigenvalue weighted by molar-refractivity contribution is 5.95. The van der Waals surface area contributed by atoms with Gasteiger partial charge in [0.25, 0.3) is 5.91 Å². The van der Waals surface area contributed by atoms with E-state index >= 15 is 0 Å². The van der Waals surface area contributed by atoms with Crippen molar-refractivity contribution in [2.45, 2.75) is 32.6 Å². The molecule has 0 bridgehead atoms. The smallest absolute Gasteiger partial charge is 0.254 e. The van der Waals surface area contributed by atoms with Gasteiger partial charge in [-0.05, 0) is 30.7 Å². The van der Waals surface area contributed by atoms with Crippen LogP contribution in [0, 0.1) is 17.7 Å². The summed E-state index contributed by atoms with van der Waals surface area (Å²) in [5.74, 6) is 5.15. The minimum atomic E-state index is -0.718. The van der Waals surface area contributed by atoms with Gasteiger partial charge in [-0.3, -0.25) is 4.79 Å². The quantitative estimate of drug-likeness (QED) is 0.582. The number of amides is 1. The Labute approximate surface area is 118 Å². The number of nitrogen functional groups attached to an aromatic ring is 1. The van der Waals surface area contributed by atoms with Gasteiger partial charge in [-0.1, -0.05) is 19.8 Å².